The third-order valence-electron chi connectivity index (χ3n) is 8.76. The van der Waals surface area contributed by atoms with Crippen molar-refractivity contribution in [3.8, 4) is 33.6 Å². The number of rotatable bonds is 12. The molecule has 254 valence electrons. The molecule has 50 heavy (non-hydrogen) atoms. The molecule has 0 radical (unpaired) electrons. The molecule has 0 spiro atoms. The van der Waals surface area contributed by atoms with Crippen LogP contribution in [0.4, 0.5) is 9.18 Å². The first-order valence-corrected chi connectivity index (χ1v) is 16.6. The summed E-state index contributed by atoms with van der Waals surface area (Å²) >= 11 is 0. The monoisotopic (exact) mass is 672 g/mol. The van der Waals surface area contributed by atoms with Gasteiger partial charge in [-0.3, -0.25) is 9.59 Å². The lowest BCUT2D eigenvalue weighted by Crippen LogP contribution is -2.59. The molecule has 1 saturated heterocycles. The first-order valence-electron chi connectivity index (χ1n) is 16.6. The number of alkyl carbamates (subject to hydrolysis) is 1. The predicted octanol–water partition coefficient (Wildman–Crippen LogP) is 6.95. The van der Waals surface area contributed by atoms with Gasteiger partial charge in [-0.1, -0.05) is 104 Å². The van der Waals surface area contributed by atoms with Gasteiger partial charge in [0.05, 0.1) is 5.92 Å². The summed E-state index contributed by atoms with van der Waals surface area (Å²) in [6.07, 6.45) is 4.67. The molecule has 4 aromatic carbocycles. The summed E-state index contributed by atoms with van der Waals surface area (Å²) in [7, 11) is 0. The first kappa shape index (κ1) is 34.0. The molecule has 0 unspecified atom stereocenters. The Morgan fingerprint density at radius 2 is 1.48 bits per heavy atom. The van der Waals surface area contributed by atoms with Gasteiger partial charge in [-0.2, -0.15) is 0 Å². The van der Waals surface area contributed by atoms with Crippen molar-refractivity contribution in [3.05, 3.63) is 132 Å². The number of aromatic nitrogens is 2. The van der Waals surface area contributed by atoms with Gasteiger partial charge < -0.3 is 20.1 Å². The summed E-state index contributed by atoms with van der Waals surface area (Å²) in [4.78, 5) is 47.7. The highest BCUT2D eigenvalue weighted by molar-refractivity contribution is 5.88. The molecule has 9 nitrogen and oxygen atoms in total. The normalized spacial score (nSPS) is 13.3. The Morgan fingerprint density at radius 1 is 0.840 bits per heavy atom. The molecule has 5 aromatic rings. The van der Waals surface area contributed by atoms with Gasteiger partial charge in [0.15, 0.2) is 5.82 Å². The minimum atomic E-state index is -0.962. The van der Waals surface area contributed by atoms with E-state index in [9.17, 15) is 19.5 Å². The Hall–Kier alpha value is -5.90. The molecule has 1 aliphatic rings. The molecule has 1 aliphatic heterocycles. The lowest BCUT2D eigenvalue weighted by atomic mass is 9.97. The van der Waals surface area contributed by atoms with Crippen molar-refractivity contribution in [3.63, 3.8) is 0 Å². The average Bonchev–Trinajstić information content (AvgIpc) is 3.11. The summed E-state index contributed by atoms with van der Waals surface area (Å²) in [6, 6.07) is 28.8. The lowest BCUT2D eigenvalue weighted by molar-refractivity contribution is -0.153. The molecule has 0 bridgehead atoms. The Kier molecular flexibility index (Phi) is 10.6. The number of halogens is 1. The van der Waals surface area contributed by atoms with Gasteiger partial charge in [0.1, 0.15) is 18.5 Å². The number of benzene rings is 4. The van der Waals surface area contributed by atoms with E-state index in [1.54, 1.807) is 18.5 Å². The third-order valence-corrected chi connectivity index (χ3v) is 8.76. The zero-order valence-corrected chi connectivity index (χ0v) is 27.6. The van der Waals surface area contributed by atoms with Crippen LogP contribution in [0.5, 0.6) is 0 Å². The number of carbonyl (C=O) groups excluding carboxylic acids is 2. The molecule has 0 aliphatic carbocycles. The standard InChI is InChI=1S/C40H37FN4O5/c1-2-6-26-9-13-29(14-10-26)31-17-18-34(35(41)20-31)32-21-42-37(43-22-32)30-15-11-27(12-16-30)19-36(38(46)45-23-33(24-45)39(47)48)44-40(49)50-25-28-7-4-3-5-8-28/h3-5,7-18,20-22,33,36H,2,6,19,23-25H2,1H3,(H,44,49)(H,47,48)/t36-/m0/s1. The fraction of sp³-hybridized carbons (Fsp3) is 0.225. The van der Waals surface area contributed by atoms with Gasteiger partial charge in [0, 0.05) is 48.6 Å². The maximum atomic E-state index is 15.2. The molecule has 0 saturated carbocycles. The summed E-state index contributed by atoms with van der Waals surface area (Å²) in [5, 5.41) is 11.9. The summed E-state index contributed by atoms with van der Waals surface area (Å²) in [5.41, 5.74) is 6.23. The molecule has 10 heteroatoms. The number of nitrogens with one attached hydrogen (secondary N) is 1. The quantitative estimate of drug-likeness (QED) is 0.147. The van der Waals surface area contributed by atoms with E-state index < -0.39 is 24.0 Å². The van der Waals surface area contributed by atoms with E-state index >= 15 is 4.39 Å². The maximum Gasteiger partial charge on any atom is 0.408 e. The number of amides is 2. The zero-order valence-electron chi connectivity index (χ0n) is 27.6. The van der Waals surface area contributed by atoms with Crippen LogP contribution < -0.4 is 5.32 Å². The fourth-order valence-electron chi connectivity index (χ4n) is 5.87. The van der Waals surface area contributed by atoms with Crippen molar-refractivity contribution in [1.82, 2.24) is 20.2 Å². The van der Waals surface area contributed by atoms with E-state index in [0.717, 1.165) is 35.1 Å². The van der Waals surface area contributed by atoms with E-state index in [1.165, 1.54) is 16.5 Å². The van der Waals surface area contributed by atoms with Crippen LogP contribution in [0, 0.1) is 11.7 Å². The Bertz CT molecular complexity index is 1950. The van der Waals surface area contributed by atoms with Crippen molar-refractivity contribution >= 4 is 18.0 Å². The van der Waals surface area contributed by atoms with Crippen LogP contribution in [-0.2, 0) is 33.8 Å². The predicted molar refractivity (Wildman–Crippen MR) is 187 cm³/mol. The average molecular weight is 673 g/mol. The minimum Gasteiger partial charge on any atom is -0.481 e. The van der Waals surface area contributed by atoms with Gasteiger partial charge in [-0.25, -0.2) is 19.2 Å². The number of carbonyl (C=O) groups is 3. The molecule has 2 heterocycles. The van der Waals surface area contributed by atoms with Gasteiger partial charge in [0.2, 0.25) is 5.91 Å². The Morgan fingerprint density at radius 3 is 2.12 bits per heavy atom. The van der Waals surface area contributed by atoms with Crippen LogP contribution in [0.15, 0.2) is 109 Å². The lowest BCUT2D eigenvalue weighted by Gasteiger charge is -2.38. The smallest absolute Gasteiger partial charge is 0.408 e. The second kappa shape index (κ2) is 15.5. The highest BCUT2D eigenvalue weighted by Gasteiger charge is 2.39. The van der Waals surface area contributed by atoms with Crippen LogP contribution in [0.1, 0.15) is 30.0 Å². The number of carboxylic acids is 1. The number of aliphatic carboxylic acids is 1. The van der Waals surface area contributed by atoms with E-state index in [-0.39, 0.29) is 37.8 Å². The maximum absolute atomic E-state index is 15.2. The molecule has 2 amide bonds. The molecule has 2 N–H and O–H groups in total. The summed E-state index contributed by atoms with van der Waals surface area (Å²) in [6.45, 7) is 2.34. The van der Waals surface area contributed by atoms with Crippen molar-refractivity contribution in [2.24, 2.45) is 5.92 Å². The highest BCUT2D eigenvalue weighted by Crippen LogP contribution is 2.29. The number of likely N-dealkylation sites (tertiary alicyclic amines) is 1. The molecular formula is C40H37FN4O5. The van der Waals surface area contributed by atoms with Gasteiger partial charge >= 0.3 is 12.1 Å². The number of ether oxygens (including phenoxy) is 1. The Labute approximate surface area is 289 Å². The number of carboxylic acid groups (broad SMARTS) is 1. The van der Waals surface area contributed by atoms with Crippen LogP contribution in [-0.4, -0.2) is 57.1 Å². The van der Waals surface area contributed by atoms with E-state index in [1.807, 2.05) is 72.8 Å². The van der Waals surface area contributed by atoms with Gasteiger partial charge in [-0.05, 0) is 40.3 Å². The number of hydrogen-bond acceptors (Lipinski definition) is 6. The second-order valence-corrected chi connectivity index (χ2v) is 12.4. The SMILES string of the molecule is CCCc1ccc(-c2ccc(-c3cnc(-c4ccc(C[C@H](NC(=O)OCc5ccccc5)C(=O)N5CC(C(=O)O)C5)cc4)nc3)c(F)c2)cc1. The number of aryl methyl sites for hydroxylation is 1. The summed E-state index contributed by atoms with van der Waals surface area (Å²) in [5.74, 6) is -1.88. The molecule has 1 fully saturated rings. The molecular weight excluding hydrogens is 635 g/mol. The second-order valence-electron chi connectivity index (χ2n) is 12.4. The largest absolute Gasteiger partial charge is 0.481 e. The topological polar surface area (TPSA) is 122 Å². The fourth-order valence-corrected chi connectivity index (χ4v) is 5.87. The van der Waals surface area contributed by atoms with Gasteiger partial charge in [-0.15, -0.1) is 0 Å². The molecule has 6 rings (SSSR count). The number of nitrogens with zero attached hydrogens (tertiary/aromatic N) is 3. The van der Waals surface area contributed by atoms with Crippen molar-refractivity contribution in [2.45, 2.75) is 38.8 Å². The van der Waals surface area contributed by atoms with E-state index in [2.05, 4.69) is 34.3 Å². The van der Waals surface area contributed by atoms with Crippen LogP contribution in [0.25, 0.3) is 33.6 Å². The third kappa shape index (κ3) is 8.20. The minimum absolute atomic E-state index is 0.0391. The van der Waals surface area contributed by atoms with Gasteiger partial charge in [0.25, 0.3) is 0 Å². The zero-order chi connectivity index (χ0) is 35.0. The number of hydrogen-bond donors (Lipinski definition) is 2. The first-order chi connectivity index (χ1) is 24.3. The van der Waals surface area contributed by atoms with Crippen molar-refractivity contribution < 1.29 is 28.6 Å². The molecule has 1 atom stereocenters. The van der Waals surface area contributed by atoms with E-state index in [0.29, 0.717) is 22.5 Å². The molecule has 1 aromatic heterocycles. The van der Waals surface area contributed by atoms with Crippen molar-refractivity contribution in [1.29, 1.82) is 0 Å². The Balaban J connectivity index is 1.11. The van der Waals surface area contributed by atoms with Crippen LogP contribution in [0.2, 0.25) is 0 Å². The van der Waals surface area contributed by atoms with Crippen molar-refractivity contribution in [2.75, 3.05) is 13.1 Å². The highest BCUT2D eigenvalue weighted by atomic mass is 19.1. The van der Waals surface area contributed by atoms with E-state index in [4.69, 9.17) is 4.74 Å². The van der Waals surface area contributed by atoms with Crippen LogP contribution in [0.3, 0.4) is 0 Å². The summed E-state index contributed by atoms with van der Waals surface area (Å²) < 4.78 is 20.6. The van der Waals surface area contributed by atoms with Crippen LogP contribution >= 0.6 is 0 Å².